The quantitative estimate of drug-likeness (QED) is 0.329. The number of halogens is 2. The van der Waals surface area contributed by atoms with Gasteiger partial charge in [-0.15, -0.1) is 0 Å². The lowest BCUT2D eigenvalue weighted by atomic mass is 10.1. The Bertz CT molecular complexity index is 1660. The lowest BCUT2D eigenvalue weighted by Crippen LogP contribution is -2.26. The highest BCUT2D eigenvalue weighted by molar-refractivity contribution is 6.35. The van der Waals surface area contributed by atoms with E-state index in [1.165, 1.54) is 4.57 Å². The van der Waals surface area contributed by atoms with Crippen LogP contribution < -0.4 is 10.9 Å². The molecule has 2 heterocycles. The average Bonchev–Trinajstić information content (AvgIpc) is 3.34. The summed E-state index contributed by atoms with van der Waals surface area (Å²) in [6.07, 6.45) is 3.27. The Morgan fingerprint density at radius 2 is 1.74 bits per heavy atom. The van der Waals surface area contributed by atoms with Gasteiger partial charge in [-0.2, -0.15) is 0 Å². The van der Waals surface area contributed by atoms with Crippen molar-refractivity contribution in [3.8, 4) is 0 Å². The van der Waals surface area contributed by atoms with Crippen molar-refractivity contribution in [2.24, 2.45) is 0 Å². The van der Waals surface area contributed by atoms with Crippen LogP contribution in [0.2, 0.25) is 10.0 Å². The first kappa shape index (κ1) is 22.8. The van der Waals surface area contributed by atoms with Crippen LogP contribution in [-0.2, 0) is 17.8 Å². The molecular weight excluding hydrogens is 487 g/mol. The van der Waals surface area contributed by atoms with Crippen molar-refractivity contribution in [2.45, 2.75) is 13.0 Å². The number of imidazole rings is 1. The van der Waals surface area contributed by atoms with Crippen LogP contribution in [0.3, 0.4) is 0 Å². The van der Waals surface area contributed by atoms with Crippen molar-refractivity contribution >= 4 is 57.1 Å². The predicted molar refractivity (Wildman–Crippen MR) is 137 cm³/mol. The van der Waals surface area contributed by atoms with Crippen molar-refractivity contribution in [2.75, 3.05) is 5.32 Å². The average molecular weight is 505 g/mol. The summed E-state index contributed by atoms with van der Waals surface area (Å²) >= 11 is 12.0. The monoisotopic (exact) mass is 504 g/mol. The largest absolute Gasteiger partial charge is 0.326 e. The van der Waals surface area contributed by atoms with Gasteiger partial charge in [0, 0.05) is 21.3 Å². The molecule has 2 aromatic heterocycles. The Balaban J connectivity index is 1.33. The molecule has 0 radical (unpaired) electrons. The number of benzene rings is 3. The summed E-state index contributed by atoms with van der Waals surface area (Å²) in [6.45, 7) is -0.139. The van der Waals surface area contributed by atoms with E-state index in [1.807, 2.05) is 12.1 Å². The first-order chi connectivity index (χ1) is 16.9. The zero-order valence-electron chi connectivity index (χ0n) is 18.2. The molecule has 0 aliphatic carbocycles. The Hall–Kier alpha value is -3.94. The Morgan fingerprint density at radius 3 is 2.51 bits per heavy atom. The zero-order valence-corrected chi connectivity index (χ0v) is 19.8. The molecule has 0 saturated heterocycles. The van der Waals surface area contributed by atoms with Crippen LogP contribution >= 0.6 is 23.2 Å². The highest BCUT2D eigenvalue weighted by Gasteiger charge is 2.15. The molecule has 1 N–H and O–H groups in total. The molecule has 0 atom stereocenters. The van der Waals surface area contributed by atoms with E-state index in [2.05, 4.69) is 10.3 Å². The molecule has 0 unspecified atom stereocenters. The molecule has 0 aliphatic rings. The van der Waals surface area contributed by atoms with Gasteiger partial charge in [-0.3, -0.25) is 23.4 Å². The molecular formula is C26H18Cl2N4O3. The van der Waals surface area contributed by atoms with Gasteiger partial charge in [0.15, 0.2) is 5.78 Å². The molecule has 9 heteroatoms. The molecule has 1 amide bonds. The summed E-state index contributed by atoms with van der Waals surface area (Å²) in [4.78, 5) is 42.6. The standard InChI is InChI=1S/C26H18Cl2N4O3/c27-18-8-5-17(21(28)12-18)11-24(34)30-19-9-6-16(7-10-19)23(33)14-31-25-13-29-15-32(25)22-4-2-1-3-20(22)26(31)35/h1-10,12-13,15H,11,14H2,(H,30,34). The summed E-state index contributed by atoms with van der Waals surface area (Å²) in [5, 5.41) is 4.21. The van der Waals surface area contributed by atoms with Crippen LogP contribution in [-0.4, -0.2) is 25.6 Å². The Kier molecular flexibility index (Phi) is 6.11. The minimum Gasteiger partial charge on any atom is -0.326 e. The van der Waals surface area contributed by atoms with E-state index in [-0.39, 0.29) is 30.2 Å². The van der Waals surface area contributed by atoms with Crippen LogP contribution in [0.1, 0.15) is 15.9 Å². The number of hydrogen-bond donors (Lipinski definition) is 1. The maximum Gasteiger partial charge on any atom is 0.262 e. The predicted octanol–water partition coefficient (Wildman–Crippen LogP) is 5.02. The molecule has 174 valence electrons. The van der Waals surface area contributed by atoms with Gasteiger partial charge in [0.1, 0.15) is 12.0 Å². The van der Waals surface area contributed by atoms with Gasteiger partial charge in [0.2, 0.25) is 5.91 Å². The number of Topliss-reactive ketones (excluding diaryl/α,β-unsaturated/α-hetero) is 1. The number of ketones is 1. The third-order valence-corrected chi connectivity index (χ3v) is 6.28. The number of nitrogens with zero attached hydrogens (tertiary/aromatic N) is 3. The van der Waals surface area contributed by atoms with Gasteiger partial charge in [-0.1, -0.05) is 41.4 Å². The number of aromatic nitrogens is 3. The number of fused-ring (bicyclic) bond motifs is 3. The van der Waals surface area contributed by atoms with Gasteiger partial charge in [0.05, 0.1) is 30.1 Å². The van der Waals surface area contributed by atoms with Crippen LogP contribution in [0.25, 0.3) is 16.6 Å². The molecule has 5 aromatic rings. The second kappa shape index (κ2) is 9.37. The van der Waals surface area contributed by atoms with Crippen LogP contribution in [0, 0.1) is 0 Å². The van der Waals surface area contributed by atoms with Crippen LogP contribution in [0.5, 0.6) is 0 Å². The molecule has 35 heavy (non-hydrogen) atoms. The second-order valence-electron chi connectivity index (χ2n) is 7.99. The smallest absolute Gasteiger partial charge is 0.262 e. The highest BCUT2D eigenvalue weighted by Crippen LogP contribution is 2.22. The van der Waals surface area contributed by atoms with Crippen molar-refractivity contribution in [3.05, 3.63) is 111 Å². The van der Waals surface area contributed by atoms with Gasteiger partial charge >= 0.3 is 0 Å². The molecule has 3 aromatic carbocycles. The number of amides is 1. The molecule has 0 saturated carbocycles. The minimum absolute atomic E-state index is 0.0862. The van der Waals surface area contributed by atoms with Crippen molar-refractivity contribution < 1.29 is 9.59 Å². The number of para-hydroxylation sites is 1. The Labute approximate surface area is 209 Å². The van der Waals surface area contributed by atoms with E-state index in [0.29, 0.717) is 37.9 Å². The van der Waals surface area contributed by atoms with Crippen LogP contribution in [0.4, 0.5) is 5.69 Å². The maximum absolute atomic E-state index is 13.1. The molecule has 0 aliphatic heterocycles. The summed E-state index contributed by atoms with van der Waals surface area (Å²) in [5.74, 6) is -0.490. The summed E-state index contributed by atoms with van der Waals surface area (Å²) in [7, 11) is 0. The van der Waals surface area contributed by atoms with E-state index in [1.54, 1.807) is 71.5 Å². The van der Waals surface area contributed by atoms with E-state index >= 15 is 0 Å². The fraction of sp³-hybridized carbons (Fsp3) is 0.0769. The lowest BCUT2D eigenvalue weighted by Gasteiger charge is -2.11. The fourth-order valence-electron chi connectivity index (χ4n) is 3.96. The van der Waals surface area contributed by atoms with Crippen molar-refractivity contribution in [1.29, 1.82) is 0 Å². The normalized spacial score (nSPS) is 11.1. The summed E-state index contributed by atoms with van der Waals surface area (Å²) < 4.78 is 3.21. The SMILES string of the molecule is O=C(Cc1ccc(Cl)cc1Cl)Nc1ccc(C(=O)Cn2c(=O)c3ccccc3n3cncc23)cc1. The summed E-state index contributed by atoms with van der Waals surface area (Å²) in [6, 6.07) is 18.7. The highest BCUT2D eigenvalue weighted by atomic mass is 35.5. The molecule has 0 fully saturated rings. The van der Waals surface area contributed by atoms with Crippen LogP contribution in [0.15, 0.2) is 84.0 Å². The molecule has 0 bridgehead atoms. The zero-order chi connectivity index (χ0) is 24.5. The van der Waals surface area contributed by atoms with Crippen molar-refractivity contribution in [1.82, 2.24) is 14.0 Å². The summed E-state index contributed by atoms with van der Waals surface area (Å²) in [5.41, 5.74) is 2.62. The van der Waals surface area contributed by atoms with E-state index in [9.17, 15) is 14.4 Å². The fourth-order valence-corrected chi connectivity index (χ4v) is 4.43. The molecule has 5 rings (SSSR count). The minimum atomic E-state index is -0.258. The van der Waals surface area contributed by atoms with E-state index in [4.69, 9.17) is 23.2 Å². The Morgan fingerprint density at radius 1 is 0.971 bits per heavy atom. The van der Waals surface area contributed by atoms with E-state index < -0.39 is 0 Å². The number of anilines is 1. The van der Waals surface area contributed by atoms with Crippen molar-refractivity contribution in [3.63, 3.8) is 0 Å². The number of rotatable bonds is 6. The van der Waals surface area contributed by atoms with Gasteiger partial charge < -0.3 is 5.32 Å². The first-order valence-corrected chi connectivity index (χ1v) is 11.5. The van der Waals surface area contributed by atoms with Gasteiger partial charge in [-0.25, -0.2) is 4.98 Å². The number of carbonyl (C=O) groups is 2. The lowest BCUT2D eigenvalue weighted by molar-refractivity contribution is -0.115. The topological polar surface area (TPSA) is 85.5 Å². The van der Waals surface area contributed by atoms with E-state index in [0.717, 1.165) is 5.52 Å². The number of nitrogens with one attached hydrogen (secondary N) is 1. The maximum atomic E-state index is 13.1. The van der Waals surface area contributed by atoms with Gasteiger partial charge in [0.25, 0.3) is 5.56 Å². The third kappa shape index (κ3) is 4.56. The van der Waals surface area contributed by atoms with Gasteiger partial charge in [-0.05, 0) is 54.1 Å². The number of carbonyl (C=O) groups excluding carboxylic acids is 2. The first-order valence-electron chi connectivity index (χ1n) is 10.7. The molecule has 7 nitrogen and oxygen atoms in total. The third-order valence-electron chi connectivity index (χ3n) is 5.69. The second-order valence-corrected chi connectivity index (χ2v) is 8.84. The molecule has 0 spiro atoms. The number of hydrogen-bond acceptors (Lipinski definition) is 4.